The summed E-state index contributed by atoms with van der Waals surface area (Å²) in [7, 11) is 1.80. The van der Waals surface area contributed by atoms with Crippen LogP contribution in [0.25, 0.3) is 0 Å². The van der Waals surface area contributed by atoms with Crippen LogP contribution in [-0.2, 0) is 17.5 Å². The molecule has 0 radical (unpaired) electrons. The number of nitriles is 1. The maximum atomic E-state index is 12.6. The maximum absolute atomic E-state index is 12.6. The third-order valence-electron chi connectivity index (χ3n) is 4.16. The zero-order valence-electron chi connectivity index (χ0n) is 14.4. The van der Waals surface area contributed by atoms with Crippen molar-refractivity contribution in [2.45, 2.75) is 25.7 Å². The highest BCUT2D eigenvalue weighted by Gasteiger charge is 2.30. The molecule has 0 saturated carbocycles. The third kappa shape index (κ3) is 5.07. The quantitative estimate of drug-likeness (QED) is 0.859. The van der Waals surface area contributed by atoms with E-state index in [4.69, 9.17) is 5.26 Å². The Hall–Kier alpha value is -2.85. The van der Waals surface area contributed by atoms with Gasteiger partial charge in [0.1, 0.15) is 6.54 Å². The molecule has 0 spiro atoms. The van der Waals surface area contributed by atoms with Crippen LogP contribution in [0.3, 0.4) is 0 Å². The van der Waals surface area contributed by atoms with Crippen molar-refractivity contribution in [3.05, 3.63) is 65.2 Å². The van der Waals surface area contributed by atoms with Crippen LogP contribution in [0.2, 0.25) is 0 Å². The molecule has 2 aromatic carbocycles. The number of halogens is 3. The first-order valence-corrected chi connectivity index (χ1v) is 8.00. The first kappa shape index (κ1) is 19.5. The van der Waals surface area contributed by atoms with Gasteiger partial charge in [0.15, 0.2) is 6.04 Å². The average molecular weight is 362 g/mol. The Morgan fingerprint density at radius 3 is 2.46 bits per heavy atom. The van der Waals surface area contributed by atoms with Crippen LogP contribution in [-0.4, -0.2) is 19.0 Å². The Morgan fingerprint density at radius 2 is 1.88 bits per heavy atom. The summed E-state index contributed by atoms with van der Waals surface area (Å²) in [5.41, 5.74) is 0.993. The van der Waals surface area contributed by atoms with E-state index >= 15 is 0 Å². The number of hydrogen-bond donors (Lipinski definition) is 2. The normalized spacial score (nSPS) is 13.5. The van der Waals surface area contributed by atoms with Crippen LogP contribution in [0, 0.1) is 11.3 Å². The molecule has 0 aliphatic carbocycles. The molecule has 136 valence electrons. The minimum Gasteiger partial charge on any atom is -0.324 e. The van der Waals surface area contributed by atoms with Gasteiger partial charge >= 0.3 is 6.18 Å². The number of nitrogens with zero attached hydrogens (tertiary/aromatic N) is 1. The molecule has 1 amide bonds. The topological polar surface area (TPSA) is 57.3 Å². The Balaban J connectivity index is 1.98. The fourth-order valence-electron chi connectivity index (χ4n) is 2.43. The molecule has 0 bridgehead atoms. The number of alkyl halides is 3. The second-order valence-electron chi connectivity index (χ2n) is 6.12. The number of quaternary nitrogens is 1. The molecule has 2 atom stereocenters. The molecule has 0 aliphatic rings. The lowest BCUT2D eigenvalue weighted by Gasteiger charge is -2.21. The van der Waals surface area contributed by atoms with Gasteiger partial charge in [-0.15, -0.1) is 0 Å². The van der Waals surface area contributed by atoms with E-state index < -0.39 is 17.8 Å². The summed E-state index contributed by atoms with van der Waals surface area (Å²) < 4.78 is 37.8. The van der Waals surface area contributed by atoms with E-state index in [0.717, 1.165) is 17.0 Å². The molecule has 0 fully saturated rings. The van der Waals surface area contributed by atoms with E-state index in [0.29, 0.717) is 23.4 Å². The van der Waals surface area contributed by atoms with Crippen molar-refractivity contribution in [1.29, 1.82) is 5.26 Å². The molecule has 4 nitrogen and oxygen atoms in total. The van der Waals surface area contributed by atoms with Crippen LogP contribution in [0.4, 0.5) is 18.9 Å². The third-order valence-corrected chi connectivity index (χ3v) is 4.16. The molecule has 1 unspecified atom stereocenters. The van der Waals surface area contributed by atoms with Gasteiger partial charge in [-0.3, -0.25) is 4.79 Å². The molecule has 2 rings (SSSR count). The summed E-state index contributed by atoms with van der Waals surface area (Å²) in [6.07, 6.45) is -4.36. The summed E-state index contributed by atoms with van der Waals surface area (Å²) in [5, 5.41) is 11.6. The van der Waals surface area contributed by atoms with Crippen LogP contribution in [0.5, 0.6) is 0 Å². The number of carbonyl (C=O) groups is 1. The van der Waals surface area contributed by atoms with Crippen molar-refractivity contribution >= 4 is 11.6 Å². The Labute approximate surface area is 149 Å². The van der Waals surface area contributed by atoms with Crippen molar-refractivity contribution in [2.24, 2.45) is 0 Å². The van der Waals surface area contributed by atoms with Crippen LogP contribution < -0.4 is 10.2 Å². The highest BCUT2D eigenvalue weighted by Crippen LogP contribution is 2.28. The van der Waals surface area contributed by atoms with Gasteiger partial charge in [-0.25, -0.2) is 0 Å². The molecule has 0 aromatic heterocycles. The molecular formula is C19H19F3N3O+. The van der Waals surface area contributed by atoms with Gasteiger partial charge in [0.2, 0.25) is 0 Å². The minimum absolute atomic E-state index is 0.232. The lowest BCUT2D eigenvalue weighted by Crippen LogP contribution is -3.12. The number of anilines is 1. The van der Waals surface area contributed by atoms with Crippen LogP contribution in [0.1, 0.15) is 23.6 Å². The van der Waals surface area contributed by atoms with Gasteiger partial charge in [-0.1, -0.05) is 18.2 Å². The highest BCUT2D eigenvalue weighted by molar-refractivity contribution is 5.93. The molecule has 0 heterocycles. The first-order chi connectivity index (χ1) is 12.2. The van der Waals surface area contributed by atoms with E-state index in [1.54, 1.807) is 38.2 Å². The van der Waals surface area contributed by atoms with Crippen LogP contribution in [0.15, 0.2) is 48.5 Å². The van der Waals surface area contributed by atoms with Gasteiger partial charge in [0.05, 0.1) is 24.2 Å². The predicted octanol–water partition coefficient (Wildman–Crippen LogP) is 2.62. The largest absolute Gasteiger partial charge is 0.416 e. The smallest absolute Gasteiger partial charge is 0.324 e. The number of amides is 1. The summed E-state index contributed by atoms with van der Waals surface area (Å²) in [4.78, 5) is 13.2. The Bertz CT molecular complexity index is 810. The number of carbonyl (C=O) groups excluding carboxylic acids is 1. The van der Waals surface area contributed by atoms with Gasteiger partial charge in [0.25, 0.3) is 5.91 Å². The number of nitrogens with one attached hydrogen (secondary N) is 2. The van der Waals surface area contributed by atoms with E-state index in [9.17, 15) is 18.0 Å². The van der Waals surface area contributed by atoms with Crippen LogP contribution >= 0.6 is 0 Å². The molecule has 0 saturated heterocycles. The van der Waals surface area contributed by atoms with Gasteiger partial charge in [-0.05, 0) is 37.3 Å². The van der Waals surface area contributed by atoms with E-state index in [-0.39, 0.29) is 5.91 Å². The van der Waals surface area contributed by atoms with Crippen molar-refractivity contribution < 1.29 is 22.9 Å². The predicted molar refractivity (Wildman–Crippen MR) is 91.3 cm³/mol. The van der Waals surface area contributed by atoms with Crippen molar-refractivity contribution in [1.82, 2.24) is 0 Å². The minimum atomic E-state index is -4.36. The lowest BCUT2D eigenvalue weighted by atomic mass is 10.1. The zero-order chi connectivity index (χ0) is 19.3. The second-order valence-corrected chi connectivity index (χ2v) is 6.12. The van der Waals surface area contributed by atoms with Crippen molar-refractivity contribution in [2.75, 3.05) is 12.4 Å². The van der Waals surface area contributed by atoms with Crippen molar-refractivity contribution in [3.63, 3.8) is 0 Å². The lowest BCUT2D eigenvalue weighted by molar-refractivity contribution is -0.907. The molecule has 2 aromatic rings. The van der Waals surface area contributed by atoms with Crippen molar-refractivity contribution in [3.8, 4) is 6.07 Å². The SMILES string of the molecule is C[C@@H](C(=O)Nc1cccc(C#N)c1)[NH+](C)Cc1ccc(C(F)(F)F)cc1. The Kier molecular flexibility index (Phi) is 6.01. The van der Waals surface area contributed by atoms with E-state index in [1.807, 2.05) is 6.07 Å². The van der Waals surface area contributed by atoms with Gasteiger partial charge in [-0.2, -0.15) is 18.4 Å². The average Bonchev–Trinajstić information content (AvgIpc) is 2.60. The number of hydrogen-bond acceptors (Lipinski definition) is 2. The van der Waals surface area contributed by atoms with Gasteiger partial charge in [0, 0.05) is 11.3 Å². The van der Waals surface area contributed by atoms with E-state index in [2.05, 4.69) is 5.32 Å². The fraction of sp³-hybridized carbons (Fsp3) is 0.263. The number of likely N-dealkylation sites (N-methyl/N-ethyl adjacent to an activating group) is 1. The molecule has 26 heavy (non-hydrogen) atoms. The fourth-order valence-corrected chi connectivity index (χ4v) is 2.43. The summed E-state index contributed by atoms with van der Waals surface area (Å²) in [5.74, 6) is -0.232. The molecule has 7 heteroatoms. The van der Waals surface area contributed by atoms with Gasteiger partial charge < -0.3 is 10.2 Å². The Morgan fingerprint density at radius 1 is 1.23 bits per heavy atom. The summed E-state index contributed by atoms with van der Waals surface area (Å²) in [6.45, 7) is 2.15. The first-order valence-electron chi connectivity index (χ1n) is 8.00. The molecule has 2 N–H and O–H groups in total. The molecule has 0 aliphatic heterocycles. The second kappa shape index (κ2) is 8.02. The highest BCUT2D eigenvalue weighted by atomic mass is 19.4. The number of benzene rings is 2. The summed E-state index contributed by atoms with van der Waals surface area (Å²) in [6, 6.07) is 13.1. The zero-order valence-corrected chi connectivity index (χ0v) is 14.4. The number of rotatable bonds is 5. The summed E-state index contributed by atoms with van der Waals surface area (Å²) >= 11 is 0. The maximum Gasteiger partial charge on any atom is 0.416 e. The van der Waals surface area contributed by atoms with E-state index in [1.165, 1.54) is 12.1 Å². The molecular weight excluding hydrogens is 343 g/mol. The monoisotopic (exact) mass is 362 g/mol. The standard InChI is InChI=1S/C19H18F3N3O/c1-13(18(26)24-17-5-3-4-15(10-17)11-23)25(2)12-14-6-8-16(9-7-14)19(20,21)22/h3-10,13H,12H2,1-2H3,(H,24,26)/p+1/t13-/m0/s1.